The number of pyridine rings is 1. The number of ether oxygens (including phenoxy) is 2. The molecule has 3 aromatic heterocycles. The van der Waals surface area contributed by atoms with E-state index in [2.05, 4.69) is 19.9 Å². The number of aryl methyl sites for hydroxylation is 1. The number of anilines is 2. The number of nitrogens with two attached hydrogens (primary N) is 2. The highest BCUT2D eigenvalue weighted by atomic mass is 31.2. The first kappa shape index (κ1) is 27.3. The predicted molar refractivity (Wildman–Crippen MR) is 133 cm³/mol. The van der Waals surface area contributed by atoms with Crippen LogP contribution in [-0.2, 0) is 40.9 Å². The van der Waals surface area contributed by atoms with Crippen molar-refractivity contribution in [3.63, 3.8) is 0 Å². The number of nitrogen functional groups attached to an aromatic ring is 2. The van der Waals surface area contributed by atoms with Crippen LogP contribution >= 0.6 is 7.82 Å². The molecular weight excluding hydrogens is 537 g/mol. The zero-order chi connectivity index (χ0) is 28.1. The molecule has 5 heterocycles. The topological polar surface area (TPSA) is 229 Å². The van der Waals surface area contributed by atoms with Crippen LogP contribution in [0.5, 0.6) is 5.75 Å². The lowest BCUT2D eigenvalue weighted by atomic mass is 9.96. The number of phosphoric ester groups is 1. The molecule has 0 aliphatic carbocycles. The van der Waals surface area contributed by atoms with Crippen LogP contribution in [0.3, 0.4) is 0 Å². The van der Waals surface area contributed by atoms with Crippen molar-refractivity contribution in [3.8, 4) is 5.75 Å². The van der Waals surface area contributed by atoms with E-state index in [1.165, 1.54) is 24.0 Å². The molecule has 39 heavy (non-hydrogen) atoms. The molecule has 0 radical (unpaired) electrons. The molecular formula is C22H28N7O9P. The van der Waals surface area contributed by atoms with Crippen molar-refractivity contribution < 1.29 is 42.6 Å². The Kier molecular flexibility index (Phi) is 7.05. The van der Waals surface area contributed by atoms with Crippen molar-refractivity contribution in [2.75, 3.05) is 18.1 Å². The van der Waals surface area contributed by atoms with Crippen molar-refractivity contribution in [3.05, 3.63) is 29.3 Å². The molecule has 3 aromatic rings. The third-order valence-electron chi connectivity index (χ3n) is 6.52. The van der Waals surface area contributed by atoms with Crippen LogP contribution in [-0.4, -0.2) is 65.1 Å². The summed E-state index contributed by atoms with van der Waals surface area (Å²) in [7, 11) is -4.18. The fourth-order valence-electron chi connectivity index (χ4n) is 4.35. The van der Waals surface area contributed by atoms with Gasteiger partial charge in [-0.3, -0.25) is 27.9 Å². The average Bonchev–Trinajstić information content (AvgIpc) is 3.33. The minimum Gasteiger partial charge on any atom is -0.424 e. The molecule has 1 saturated heterocycles. The SMILES string of the molecule is CCC(=O)Oc1c(C)ncc2c1COP(=O)(OC[C@H]1O[C@@H](n3cnc4c(N)nc(N)nc43)[C@@](C)(O)[C@H]1O)OC2. The Morgan fingerprint density at radius 1 is 1.28 bits per heavy atom. The minimum atomic E-state index is -4.18. The Hall–Kier alpha value is -3.24. The van der Waals surface area contributed by atoms with Crippen LogP contribution in [0.2, 0.25) is 0 Å². The number of carbonyl (C=O) groups excluding carboxylic acids is 1. The number of nitrogens with zero attached hydrogens (tertiary/aromatic N) is 5. The first-order valence-electron chi connectivity index (χ1n) is 12.0. The number of carbonyl (C=O) groups is 1. The van der Waals surface area contributed by atoms with Crippen molar-refractivity contribution in [1.82, 2.24) is 24.5 Å². The lowest BCUT2D eigenvalue weighted by Crippen LogP contribution is -2.44. The predicted octanol–water partition coefficient (Wildman–Crippen LogP) is 0.891. The number of aromatic nitrogens is 5. The van der Waals surface area contributed by atoms with Crippen LogP contribution in [0, 0.1) is 6.92 Å². The number of phosphoric acid groups is 1. The number of hydrogen-bond acceptors (Lipinski definition) is 15. The van der Waals surface area contributed by atoms with Crippen molar-refractivity contribution in [2.45, 2.75) is 64.4 Å². The molecule has 0 aromatic carbocycles. The largest absolute Gasteiger partial charge is 0.475 e. The van der Waals surface area contributed by atoms with E-state index >= 15 is 0 Å². The first-order valence-corrected chi connectivity index (χ1v) is 13.4. The van der Waals surface area contributed by atoms with E-state index in [0.29, 0.717) is 16.8 Å². The van der Waals surface area contributed by atoms with Gasteiger partial charge in [0.05, 0.1) is 31.8 Å². The third kappa shape index (κ3) is 4.96. The summed E-state index contributed by atoms with van der Waals surface area (Å²) in [6, 6.07) is 0. The molecule has 16 nitrogen and oxygen atoms in total. The van der Waals surface area contributed by atoms with Gasteiger partial charge in [0, 0.05) is 23.7 Å². The van der Waals surface area contributed by atoms with E-state index in [1.807, 2.05) is 0 Å². The standard InChI is InChI=1S/C22H28N7O9P/c1-4-14(30)38-16-10(2)25-5-11-6-34-39(33,35-7-12(11)16)36-8-13-17(31)22(3,32)20(37-13)29-9-26-15-18(23)27-21(24)28-19(15)29/h5,9,13,17,20,31-32H,4,6-8H2,1-3H3,(H4,23,24,27,28)/t13-,17+,20-,22+,39?/m1/s1. The van der Waals surface area contributed by atoms with Gasteiger partial charge in [-0.1, -0.05) is 6.92 Å². The normalized spacial score (nSPS) is 28.8. The van der Waals surface area contributed by atoms with Crippen LogP contribution < -0.4 is 16.2 Å². The zero-order valence-electron chi connectivity index (χ0n) is 21.3. The smallest absolute Gasteiger partial charge is 0.424 e. The van der Waals surface area contributed by atoms with Gasteiger partial charge in [-0.2, -0.15) is 9.97 Å². The van der Waals surface area contributed by atoms with E-state index in [1.54, 1.807) is 13.8 Å². The number of imidazole rings is 1. The second-order valence-corrected chi connectivity index (χ2v) is 11.0. The maximum atomic E-state index is 13.3. The minimum absolute atomic E-state index is 0.0362. The van der Waals surface area contributed by atoms with Crippen LogP contribution in [0.15, 0.2) is 12.5 Å². The summed E-state index contributed by atoms with van der Waals surface area (Å²) in [5.41, 5.74) is 11.5. The lowest BCUT2D eigenvalue weighted by molar-refractivity contribution is -0.134. The summed E-state index contributed by atoms with van der Waals surface area (Å²) in [6.07, 6.45) is -0.853. The molecule has 5 rings (SSSR count). The molecule has 0 amide bonds. The maximum absolute atomic E-state index is 13.3. The van der Waals surface area contributed by atoms with E-state index in [4.69, 9.17) is 34.5 Å². The van der Waals surface area contributed by atoms with E-state index in [9.17, 15) is 19.6 Å². The summed E-state index contributed by atoms with van der Waals surface area (Å²) >= 11 is 0. The van der Waals surface area contributed by atoms with E-state index in [-0.39, 0.29) is 48.3 Å². The van der Waals surface area contributed by atoms with Gasteiger partial charge in [0.25, 0.3) is 0 Å². The van der Waals surface area contributed by atoms with Gasteiger partial charge >= 0.3 is 13.8 Å². The Labute approximate surface area is 221 Å². The third-order valence-corrected chi connectivity index (χ3v) is 7.88. The summed E-state index contributed by atoms with van der Waals surface area (Å²) in [4.78, 5) is 28.2. The number of fused-ring (bicyclic) bond motifs is 2. The van der Waals surface area contributed by atoms with Crippen LogP contribution in [0.4, 0.5) is 11.8 Å². The highest BCUT2D eigenvalue weighted by Gasteiger charge is 2.54. The highest BCUT2D eigenvalue weighted by Crippen LogP contribution is 2.54. The van der Waals surface area contributed by atoms with Gasteiger partial charge in [-0.25, -0.2) is 9.55 Å². The quantitative estimate of drug-likeness (QED) is 0.240. The number of aliphatic hydroxyl groups excluding tert-OH is 1. The number of esters is 1. The fourth-order valence-corrected chi connectivity index (χ4v) is 5.49. The van der Waals surface area contributed by atoms with Gasteiger partial charge in [0.15, 0.2) is 23.4 Å². The summed E-state index contributed by atoms with van der Waals surface area (Å²) in [5, 5.41) is 22.0. The molecule has 17 heteroatoms. The van der Waals surface area contributed by atoms with Gasteiger partial charge in [-0.05, 0) is 13.8 Å². The molecule has 2 aliphatic heterocycles. The number of aliphatic hydroxyl groups is 2. The van der Waals surface area contributed by atoms with Gasteiger partial charge in [-0.15, -0.1) is 0 Å². The molecule has 0 saturated carbocycles. The summed E-state index contributed by atoms with van der Waals surface area (Å²) in [5.74, 6) is -0.328. The molecule has 1 unspecified atom stereocenters. The second kappa shape index (κ2) is 10.1. The van der Waals surface area contributed by atoms with Gasteiger partial charge < -0.3 is 31.2 Å². The summed E-state index contributed by atoms with van der Waals surface area (Å²) < 4.78 is 42.4. The number of rotatable bonds is 6. The van der Waals surface area contributed by atoms with Crippen LogP contribution in [0.1, 0.15) is 43.3 Å². The molecule has 6 N–H and O–H groups in total. The molecule has 2 aliphatic rings. The molecule has 0 bridgehead atoms. The van der Waals surface area contributed by atoms with Crippen molar-refractivity contribution in [1.29, 1.82) is 0 Å². The van der Waals surface area contributed by atoms with E-state index < -0.39 is 44.4 Å². The second-order valence-electron chi connectivity index (χ2n) is 9.28. The van der Waals surface area contributed by atoms with Crippen molar-refractivity contribution in [2.24, 2.45) is 0 Å². The van der Waals surface area contributed by atoms with Crippen molar-refractivity contribution >= 4 is 36.7 Å². The Balaban J connectivity index is 1.32. The maximum Gasteiger partial charge on any atom is 0.475 e. The summed E-state index contributed by atoms with van der Waals surface area (Å²) in [6.45, 7) is 3.76. The Morgan fingerprint density at radius 2 is 2.03 bits per heavy atom. The first-order chi connectivity index (χ1) is 18.4. The molecule has 5 atom stereocenters. The monoisotopic (exact) mass is 565 g/mol. The highest BCUT2D eigenvalue weighted by molar-refractivity contribution is 7.48. The molecule has 210 valence electrons. The van der Waals surface area contributed by atoms with Gasteiger partial charge in [0.2, 0.25) is 5.95 Å². The van der Waals surface area contributed by atoms with E-state index in [0.717, 1.165) is 0 Å². The Morgan fingerprint density at radius 3 is 2.77 bits per heavy atom. The Bertz CT molecular complexity index is 1480. The average molecular weight is 565 g/mol. The fraction of sp³-hybridized carbons (Fsp3) is 0.500. The lowest BCUT2D eigenvalue weighted by Gasteiger charge is -2.27. The van der Waals surface area contributed by atoms with Crippen LogP contribution in [0.25, 0.3) is 11.2 Å². The zero-order valence-corrected chi connectivity index (χ0v) is 22.2. The van der Waals surface area contributed by atoms with Gasteiger partial charge in [0.1, 0.15) is 23.3 Å². The number of hydrogen-bond donors (Lipinski definition) is 4. The molecule has 1 fully saturated rings. The molecule has 0 spiro atoms.